The summed E-state index contributed by atoms with van der Waals surface area (Å²) in [5, 5.41) is 2.63. The van der Waals surface area contributed by atoms with Crippen LogP contribution in [0.2, 0.25) is 0 Å². The second-order valence-corrected chi connectivity index (χ2v) is 5.28. The summed E-state index contributed by atoms with van der Waals surface area (Å²) in [6.45, 7) is 2.69. The molecule has 0 spiro atoms. The molecule has 1 amide bonds. The van der Waals surface area contributed by atoms with Crippen LogP contribution in [0.15, 0.2) is 23.1 Å². The minimum absolute atomic E-state index is 0.0472. The molecule has 0 aliphatic rings. The lowest BCUT2D eigenvalue weighted by molar-refractivity contribution is -0.118. The molecule has 1 aromatic carbocycles. The van der Waals surface area contributed by atoms with E-state index in [0.717, 1.165) is 5.56 Å². The molecule has 3 N–H and O–H groups in total. The molecule has 0 saturated heterocycles. The molecule has 0 radical (unpaired) electrons. The van der Waals surface area contributed by atoms with E-state index >= 15 is 0 Å². The van der Waals surface area contributed by atoms with Gasteiger partial charge in [0.25, 0.3) is 0 Å². The van der Waals surface area contributed by atoms with Crippen molar-refractivity contribution in [2.45, 2.75) is 11.8 Å². The molecular formula is C12H18N2O3S. The third-order valence-corrected chi connectivity index (χ3v) is 3.81. The topological polar surface area (TPSA) is 81.4 Å². The van der Waals surface area contributed by atoms with Gasteiger partial charge in [0.2, 0.25) is 5.91 Å². The number of carbonyl (C=O) groups is 1. The first kappa shape index (κ1) is 14.7. The summed E-state index contributed by atoms with van der Waals surface area (Å²) >= 11 is 0. The first-order valence-electron chi connectivity index (χ1n) is 5.54. The zero-order valence-corrected chi connectivity index (χ0v) is 11.4. The highest BCUT2D eigenvalue weighted by molar-refractivity contribution is 7.85. The number of ether oxygens (including phenoxy) is 1. The van der Waals surface area contributed by atoms with Gasteiger partial charge in [-0.2, -0.15) is 0 Å². The molecule has 6 heteroatoms. The minimum atomic E-state index is -1.35. The lowest BCUT2D eigenvalue weighted by Crippen LogP contribution is -2.31. The van der Waals surface area contributed by atoms with Crippen LogP contribution >= 0.6 is 0 Å². The summed E-state index contributed by atoms with van der Waals surface area (Å²) < 4.78 is 16.8. The number of hydrogen-bond acceptors (Lipinski definition) is 4. The van der Waals surface area contributed by atoms with E-state index in [1.807, 2.05) is 6.92 Å². The Morgan fingerprint density at radius 3 is 2.83 bits per heavy atom. The second-order valence-electron chi connectivity index (χ2n) is 3.86. The average Bonchev–Trinajstić information content (AvgIpc) is 2.28. The Bertz CT molecular complexity index is 449. The van der Waals surface area contributed by atoms with Crippen LogP contribution in [0.3, 0.4) is 0 Å². The summed E-state index contributed by atoms with van der Waals surface area (Å²) in [5.74, 6) is -0.296. The maximum atomic E-state index is 12.0. The molecule has 0 aliphatic carbocycles. The number of nitrogens with one attached hydrogen (secondary N) is 1. The Balaban J connectivity index is 2.57. The number of aryl methyl sites for hydroxylation is 1. The number of methoxy groups -OCH3 is 1. The Kier molecular flexibility index (Phi) is 5.80. The number of rotatable bonds is 6. The van der Waals surface area contributed by atoms with E-state index in [1.54, 1.807) is 25.3 Å². The number of amides is 1. The van der Waals surface area contributed by atoms with Crippen LogP contribution < -0.4 is 11.1 Å². The van der Waals surface area contributed by atoms with E-state index in [9.17, 15) is 9.00 Å². The number of benzene rings is 1. The van der Waals surface area contributed by atoms with E-state index in [-0.39, 0.29) is 11.7 Å². The van der Waals surface area contributed by atoms with Gasteiger partial charge in [-0.1, -0.05) is 0 Å². The van der Waals surface area contributed by atoms with Crippen LogP contribution in [0.5, 0.6) is 0 Å². The molecule has 100 valence electrons. The zero-order chi connectivity index (χ0) is 13.5. The summed E-state index contributed by atoms with van der Waals surface area (Å²) in [4.78, 5) is 12.1. The van der Waals surface area contributed by atoms with E-state index in [4.69, 9.17) is 10.5 Å². The highest BCUT2D eigenvalue weighted by atomic mass is 32.2. The van der Waals surface area contributed by atoms with Crippen molar-refractivity contribution in [3.8, 4) is 0 Å². The van der Waals surface area contributed by atoms with Crippen molar-refractivity contribution >= 4 is 22.4 Å². The summed E-state index contributed by atoms with van der Waals surface area (Å²) in [5.41, 5.74) is 7.07. The lowest BCUT2D eigenvalue weighted by atomic mass is 10.2. The van der Waals surface area contributed by atoms with Crippen molar-refractivity contribution in [2.24, 2.45) is 0 Å². The van der Waals surface area contributed by atoms with Gasteiger partial charge < -0.3 is 15.8 Å². The van der Waals surface area contributed by atoms with Crippen LogP contribution in [0, 0.1) is 6.92 Å². The number of anilines is 1. The predicted molar refractivity (Wildman–Crippen MR) is 71.8 cm³/mol. The molecule has 0 aromatic heterocycles. The van der Waals surface area contributed by atoms with E-state index in [2.05, 4.69) is 5.32 Å². The maximum Gasteiger partial charge on any atom is 0.233 e. The third kappa shape index (κ3) is 4.46. The van der Waals surface area contributed by atoms with Gasteiger partial charge in [0.1, 0.15) is 5.75 Å². The van der Waals surface area contributed by atoms with Crippen molar-refractivity contribution in [3.63, 3.8) is 0 Å². The minimum Gasteiger partial charge on any atom is -0.399 e. The number of hydrogen-bond donors (Lipinski definition) is 2. The highest BCUT2D eigenvalue weighted by Crippen LogP contribution is 2.16. The molecule has 0 aliphatic heterocycles. The number of nitrogens with two attached hydrogens (primary N) is 1. The van der Waals surface area contributed by atoms with Gasteiger partial charge >= 0.3 is 0 Å². The van der Waals surface area contributed by atoms with Gasteiger partial charge in [-0.25, -0.2) is 0 Å². The zero-order valence-electron chi connectivity index (χ0n) is 10.6. The molecule has 1 atom stereocenters. The van der Waals surface area contributed by atoms with Crippen molar-refractivity contribution in [1.82, 2.24) is 5.32 Å². The average molecular weight is 270 g/mol. The molecule has 18 heavy (non-hydrogen) atoms. The maximum absolute atomic E-state index is 12.0. The van der Waals surface area contributed by atoms with Gasteiger partial charge in [0.15, 0.2) is 0 Å². The molecule has 0 saturated carbocycles. The Labute approximate surface area is 109 Å². The number of nitrogen functional groups attached to an aromatic ring is 1. The molecule has 1 aromatic rings. The van der Waals surface area contributed by atoms with Gasteiger partial charge in [-0.3, -0.25) is 9.00 Å². The second kappa shape index (κ2) is 7.13. The fourth-order valence-electron chi connectivity index (χ4n) is 1.47. The van der Waals surface area contributed by atoms with Gasteiger partial charge in [0, 0.05) is 24.2 Å². The monoisotopic (exact) mass is 270 g/mol. The standard InChI is InChI=1S/C12H18N2O3S/c1-9-7-10(13)3-4-11(9)18(16)8-12(15)14-5-6-17-2/h3-4,7H,5-6,8,13H2,1-2H3,(H,14,15). The quantitative estimate of drug-likeness (QED) is 0.581. The Morgan fingerprint density at radius 1 is 1.50 bits per heavy atom. The summed E-state index contributed by atoms with van der Waals surface area (Å²) in [7, 11) is 0.210. The molecule has 5 nitrogen and oxygen atoms in total. The third-order valence-electron chi connectivity index (χ3n) is 2.33. The highest BCUT2D eigenvalue weighted by Gasteiger charge is 2.12. The Morgan fingerprint density at radius 2 is 2.22 bits per heavy atom. The fourth-order valence-corrected chi connectivity index (χ4v) is 2.60. The summed E-state index contributed by atoms with van der Waals surface area (Å²) in [6.07, 6.45) is 0. The normalized spacial score (nSPS) is 12.1. The van der Waals surface area contributed by atoms with E-state index in [0.29, 0.717) is 23.7 Å². The smallest absolute Gasteiger partial charge is 0.233 e. The van der Waals surface area contributed by atoms with E-state index in [1.165, 1.54) is 0 Å². The first-order chi connectivity index (χ1) is 8.54. The molecule has 0 bridgehead atoms. The van der Waals surface area contributed by atoms with Crippen molar-refractivity contribution in [2.75, 3.05) is 31.7 Å². The van der Waals surface area contributed by atoms with Gasteiger partial charge in [-0.15, -0.1) is 0 Å². The molecule has 1 rings (SSSR count). The van der Waals surface area contributed by atoms with Crippen LogP contribution in [0.1, 0.15) is 5.56 Å². The van der Waals surface area contributed by atoms with Gasteiger partial charge in [-0.05, 0) is 30.7 Å². The van der Waals surface area contributed by atoms with E-state index < -0.39 is 10.8 Å². The van der Waals surface area contributed by atoms with Crippen LogP contribution in [0.4, 0.5) is 5.69 Å². The van der Waals surface area contributed by atoms with Crippen molar-refractivity contribution in [1.29, 1.82) is 0 Å². The molecule has 0 fully saturated rings. The van der Waals surface area contributed by atoms with Crippen LogP contribution in [0.25, 0.3) is 0 Å². The number of carbonyl (C=O) groups excluding carboxylic acids is 1. The summed E-state index contributed by atoms with van der Waals surface area (Å²) in [6, 6.07) is 5.13. The van der Waals surface area contributed by atoms with Crippen molar-refractivity contribution in [3.05, 3.63) is 23.8 Å². The van der Waals surface area contributed by atoms with Crippen molar-refractivity contribution < 1.29 is 13.7 Å². The fraction of sp³-hybridized carbons (Fsp3) is 0.417. The first-order valence-corrected chi connectivity index (χ1v) is 6.86. The molecule has 1 unspecified atom stereocenters. The molecular weight excluding hydrogens is 252 g/mol. The predicted octanol–water partition coefficient (Wildman–Crippen LogP) is 0.447. The van der Waals surface area contributed by atoms with Crippen LogP contribution in [-0.4, -0.2) is 36.1 Å². The largest absolute Gasteiger partial charge is 0.399 e. The lowest BCUT2D eigenvalue weighted by Gasteiger charge is -2.07. The van der Waals surface area contributed by atoms with Gasteiger partial charge in [0.05, 0.1) is 17.4 Å². The SMILES string of the molecule is COCCNC(=O)CS(=O)c1ccc(N)cc1C. The molecule has 0 heterocycles. The van der Waals surface area contributed by atoms with Crippen LogP contribution in [-0.2, 0) is 20.3 Å². The Hall–Kier alpha value is -1.40.